The van der Waals surface area contributed by atoms with Gasteiger partial charge in [-0.1, -0.05) is 13.8 Å². The molecule has 18 heavy (non-hydrogen) atoms. The number of hydrogen-bond acceptors (Lipinski definition) is 3. The Morgan fingerprint density at radius 1 is 1.39 bits per heavy atom. The minimum absolute atomic E-state index is 0.346. The molecule has 1 aliphatic rings. The quantitative estimate of drug-likeness (QED) is 0.738. The second kappa shape index (κ2) is 6.54. The number of hydrogen-bond donors (Lipinski definition) is 1. The summed E-state index contributed by atoms with van der Waals surface area (Å²) >= 11 is 0. The first-order valence-corrected chi connectivity index (χ1v) is 7.23. The van der Waals surface area contributed by atoms with E-state index < -0.39 is 0 Å². The fourth-order valence-electron chi connectivity index (χ4n) is 2.79. The van der Waals surface area contributed by atoms with Gasteiger partial charge in [0.15, 0.2) is 0 Å². The molecular weight excluding hydrogens is 222 g/mol. The van der Waals surface area contributed by atoms with E-state index >= 15 is 0 Å². The fourth-order valence-corrected chi connectivity index (χ4v) is 2.79. The van der Waals surface area contributed by atoms with Crippen molar-refractivity contribution in [3.05, 3.63) is 0 Å². The van der Waals surface area contributed by atoms with E-state index in [4.69, 9.17) is 5.26 Å². The normalized spacial score (nSPS) is 23.3. The van der Waals surface area contributed by atoms with Gasteiger partial charge in [-0.05, 0) is 64.6 Å². The highest BCUT2D eigenvalue weighted by Gasteiger charge is 2.26. The van der Waals surface area contributed by atoms with Crippen molar-refractivity contribution in [2.45, 2.75) is 58.4 Å². The summed E-state index contributed by atoms with van der Waals surface area (Å²) in [7, 11) is 1.87. The van der Waals surface area contributed by atoms with Gasteiger partial charge in [0, 0.05) is 6.54 Å². The summed E-state index contributed by atoms with van der Waals surface area (Å²) < 4.78 is 0. The molecule has 0 amide bonds. The molecule has 0 aliphatic carbocycles. The average molecular weight is 251 g/mol. The molecule has 0 aromatic carbocycles. The Balaban J connectivity index is 2.21. The molecule has 0 aromatic rings. The molecule has 1 fully saturated rings. The van der Waals surface area contributed by atoms with E-state index in [2.05, 4.69) is 30.1 Å². The van der Waals surface area contributed by atoms with Crippen LogP contribution in [0.3, 0.4) is 0 Å². The van der Waals surface area contributed by atoms with Gasteiger partial charge in [-0.15, -0.1) is 0 Å². The molecule has 104 valence electrons. The summed E-state index contributed by atoms with van der Waals surface area (Å²) in [6, 6.07) is 2.35. The van der Waals surface area contributed by atoms with Gasteiger partial charge in [0.25, 0.3) is 0 Å². The Morgan fingerprint density at radius 2 is 2.11 bits per heavy atom. The molecule has 3 heteroatoms. The smallest absolute Gasteiger partial charge is 0.103 e. The van der Waals surface area contributed by atoms with Crippen molar-refractivity contribution in [3.63, 3.8) is 0 Å². The Kier molecular flexibility index (Phi) is 5.62. The van der Waals surface area contributed by atoms with Crippen LogP contribution in [0.15, 0.2) is 0 Å². The van der Waals surface area contributed by atoms with Crippen molar-refractivity contribution in [1.82, 2.24) is 10.2 Å². The van der Waals surface area contributed by atoms with Gasteiger partial charge in [-0.3, -0.25) is 0 Å². The fraction of sp³-hybridized carbons (Fsp3) is 0.933. The van der Waals surface area contributed by atoms with Gasteiger partial charge in [0.05, 0.1) is 6.07 Å². The van der Waals surface area contributed by atoms with Crippen LogP contribution < -0.4 is 5.32 Å². The van der Waals surface area contributed by atoms with Crippen molar-refractivity contribution in [2.75, 3.05) is 26.7 Å². The molecule has 0 saturated carbocycles. The second-order valence-corrected chi connectivity index (χ2v) is 6.69. The molecule has 1 N–H and O–H groups in total. The summed E-state index contributed by atoms with van der Waals surface area (Å²) in [6.45, 7) is 10.4. The lowest BCUT2D eigenvalue weighted by molar-refractivity contribution is 0.115. The van der Waals surface area contributed by atoms with Gasteiger partial charge in [-0.25, -0.2) is 0 Å². The topological polar surface area (TPSA) is 39.1 Å². The lowest BCUT2D eigenvalue weighted by Gasteiger charge is -2.38. The molecule has 3 nitrogen and oxygen atoms in total. The summed E-state index contributed by atoms with van der Waals surface area (Å²) in [5, 5.41) is 12.2. The Bertz CT molecular complexity index is 293. The lowest BCUT2D eigenvalue weighted by Crippen LogP contribution is -2.41. The van der Waals surface area contributed by atoms with Crippen LogP contribution in [-0.2, 0) is 0 Å². The van der Waals surface area contributed by atoms with E-state index in [9.17, 15) is 0 Å². The predicted molar refractivity (Wildman–Crippen MR) is 76.4 cm³/mol. The minimum Gasteiger partial charge on any atom is -0.303 e. The third kappa shape index (κ3) is 4.96. The highest BCUT2D eigenvalue weighted by Crippen LogP contribution is 2.28. The molecule has 1 unspecified atom stereocenters. The second-order valence-electron chi connectivity index (χ2n) is 6.69. The van der Waals surface area contributed by atoms with E-state index in [1.807, 2.05) is 14.0 Å². The van der Waals surface area contributed by atoms with Crippen molar-refractivity contribution >= 4 is 0 Å². The number of nitrogens with one attached hydrogen (secondary N) is 1. The molecule has 0 spiro atoms. The van der Waals surface area contributed by atoms with Crippen LogP contribution in [0.5, 0.6) is 0 Å². The van der Waals surface area contributed by atoms with Gasteiger partial charge in [0.2, 0.25) is 0 Å². The summed E-state index contributed by atoms with van der Waals surface area (Å²) in [5.41, 5.74) is 0.144. The van der Waals surface area contributed by atoms with Crippen LogP contribution in [0.25, 0.3) is 0 Å². The monoisotopic (exact) mass is 251 g/mol. The zero-order chi connectivity index (χ0) is 13.6. The highest BCUT2D eigenvalue weighted by atomic mass is 15.1. The van der Waals surface area contributed by atoms with E-state index in [-0.39, 0.29) is 5.54 Å². The molecule has 0 aromatic heterocycles. The molecule has 1 saturated heterocycles. The maximum atomic E-state index is 9.08. The summed E-state index contributed by atoms with van der Waals surface area (Å²) in [4.78, 5) is 2.59. The largest absolute Gasteiger partial charge is 0.303 e. The van der Waals surface area contributed by atoms with Gasteiger partial charge in [-0.2, -0.15) is 5.26 Å². The number of rotatable bonds is 6. The van der Waals surface area contributed by atoms with E-state index in [0.717, 1.165) is 12.8 Å². The van der Waals surface area contributed by atoms with E-state index in [0.29, 0.717) is 5.41 Å². The molecular formula is C15H29N3. The van der Waals surface area contributed by atoms with Crippen LogP contribution >= 0.6 is 0 Å². The molecule has 1 heterocycles. The number of nitriles is 1. The number of piperidine rings is 1. The summed E-state index contributed by atoms with van der Waals surface area (Å²) in [6.07, 6.45) is 5.96. The Morgan fingerprint density at radius 3 is 2.67 bits per heavy atom. The lowest BCUT2D eigenvalue weighted by atomic mass is 9.84. The third-order valence-electron chi connectivity index (χ3n) is 4.18. The van der Waals surface area contributed by atoms with Crippen molar-refractivity contribution in [2.24, 2.45) is 5.41 Å². The molecule has 0 bridgehead atoms. The third-order valence-corrected chi connectivity index (χ3v) is 4.18. The SMILES string of the molecule is CNC(C)(C#N)CCCCN1CCCC(C)(C)C1. The highest BCUT2D eigenvalue weighted by molar-refractivity contribution is 5.02. The first-order valence-electron chi connectivity index (χ1n) is 7.23. The number of likely N-dealkylation sites (tertiary alicyclic amines) is 1. The summed E-state index contributed by atoms with van der Waals surface area (Å²) in [5.74, 6) is 0. The van der Waals surface area contributed by atoms with Crippen LogP contribution in [0.2, 0.25) is 0 Å². The molecule has 0 radical (unpaired) electrons. The number of nitrogens with zero attached hydrogens (tertiary/aromatic N) is 2. The van der Waals surface area contributed by atoms with Crippen LogP contribution in [-0.4, -0.2) is 37.1 Å². The van der Waals surface area contributed by atoms with Gasteiger partial charge >= 0.3 is 0 Å². The first kappa shape index (κ1) is 15.5. The zero-order valence-electron chi connectivity index (χ0n) is 12.6. The van der Waals surface area contributed by atoms with Crippen LogP contribution in [0.1, 0.15) is 52.9 Å². The van der Waals surface area contributed by atoms with Gasteiger partial charge < -0.3 is 10.2 Å². The van der Waals surface area contributed by atoms with E-state index in [1.165, 1.54) is 38.9 Å². The van der Waals surface area contributed by atoms with Crippen LogP contribution in [0.4, 0.5) is 0 Å². The van der Waals surface area contributed by atoms with Gasteiger partial charge in [0.1, 0.15) is 5.54 Å². The van der Waals surface area contributed by atoms with Crippen molar-refractivity contribution < 1.29 is 0 Å². The maximum Gasteiger partial charge on any atom is 0.103 e. The van der Waals surface area contributed by atoms with Crippen molar-refractivity contribution in [3.8, 4) is 6.07 Å². The minimum atomic E-state index is -0.346. The Hall–Kier alpha value is -0.590. The van der Waals surface area contributed by atoms with Crippen LogP contribution in [0, 0.1) is 16.7 Å². The molecule has 1 aliphatic heterocycles. The molecule has 1 rings (SSSR count). The average Bonchev–Trinajstić information content (AvgIpc) is 2.33. The van der Waals surface area contributed by atoms with E-state index in [1.54, 1.807) is 0 Å². The standard InChI is InChI=1S/C15H29N3/c1-14(2)8-7-11-18(13-14)10-6-5-9-15(3,12-16)17-4/h17H,5-11,13H2,1-4H3. The first-order chi connectivity index (χ1) is 8.41. The Labute approximate surface area is 113 Å². The van der Waals surface area contributed by atoms with Crippen molar-refractivity contribution in [1.29, 1.82) is 5.26 Å². The molecule has 1 atom stereocenters. The number of unbranched alkanes of at least 4 members (excludes halogenated alkanes) is 1. The maximum absolute atomic E-state index is 9.08. The zero-order valence-corrected chi connectivity index (χ0v) is 12.6. The predicted octanol–water partition coefficient (Wildman–Crippen LogP) is 2.78.